The summed E-state index contributed by atoms with van der Waals surface area (Å²) in [6.45, 7) is 7.30. The molecule has 0 saturated heterocycles. The first-order chi connectivity index (χ1) is 9.24. The molecule has 0 saturated carbocycles. The van der Waals surface area contributed by atoms with Crippen LogP contribution in [0.5, 0.6) is 0 Å². The highest BCUT2D eigenvalue weighted by atomic mass is 19.1. The van der Waals surface area contributed by atoms with Crippen molar-refractivity contribution in [1.82, 2.24) is 5.32 Å². The molecule has 114 valence electrons. The number of benzene rings is 1. The Morgan fingerprint density at radius 3 is 2.20 bits per heavy atom. The summed E-state index contributed by atoms with van der Waals surface area (Å²) in [5, 5.41) is 3.21. The van der Waals surface area contributed by atoms with E-state index >= 15 is 0 Å². The Kier molecular flexibility index (Phi) is 5.89. The molecule has 0 radical (unpaired) electrons. The van der Waals surface area contributed by atoms with E-state index in [9.17, 15) is 8.78 Å². The van der Waals surface area contributed by atoms with Crippen molar-refractivity contribution in [3.05, 3.63) is 29.3 Å². The van der Waals surface area contributed by atoms with Gasteiger partial charge in [-0.15, -0.1) is 0 Å². The van der Waals surface area contributed by atoms with Crippen LogP contribution in [0, 0.1) is 11.6 Å². The van der Waals surface area contributed by atoms with Gasteiger partial charge in [0.1, 0.15) is 17.3 Å². The lowest BCUT2D eigenvalue weighted by atomic mass is 10.1. The normalized spacial score (nSPS) is 11.8. The Labute approximate surface area is 119 Å². The van der Waals surface area contributed by atoms with Crippen LogP contribution >= 0.6 is 0 Å². The Morgan fingerprint density at radius 2 is 1.75 bits per heavy atom. The molecular formula is C15H24F2N2O. The number of nitrogens with one attached hydrogen (secondary N) is 1. The Morgan fingerprint density at radius 1 is 1.20 bits per heavy atom. The number of ether oxygens (including phenoxy) is 1. The molecule has 0 fully saturated rings. The van der Waals surface area contributed by atoms with Gasteiger partial charge in [-0.3, -0.25) is 0 Å². The predicted octanol–water partition coefficient (Wildman–Crippen LogP) is 2.94. The molecule has 20 heavy (non-hydrogen) atoms. The van der Waals surface area contributed by atoms with Crippen LogP contribution < -0.4 is 10.2 Å². The van der Waals surface area contributed by atoms with E-state index in [1.807, 2.05) is 20.8 Å². The first kappa shape index (κ1) is 16.9. The van der Waals surface area contributed by atoms with Gasteiger partial charge in [-0.2, -0.15) is 0 Å². The van der Waals surface area contributed by atoms with Gasteiger partial charge in [0, 0.05) is 32.8 Å². The van der Waals surface area contributed by atoms with Crippen LogP contribution in [0.15, 0.2) is 12.1 Å². The molecule has 5 heteroatoms. The molecule has 0 amide bonds. The lowest BCUT2D eigenvalue weighted by Crippen LogP contribution is -2.35. The monoisotopic (exact) mass is 286 g/mol. The molecule has 0 heterocycles. The Bertz CT molecular complexity index is 421. The van der Waals surface area contributed by atoms with Gasteiger partial charge in [0.05, 0.1) is 6.61 Å². The number of hydrogen-bond donors (Lipinski definition) is 1. The van der Waals surface area contributed by atoms with Crippen LogP contribution in [0.4, 0.5) is 14.5 Å². The summed E-state index contributed by atoms with van der Waals surface area (Å²) in [4.78, 5) is 1.52. The molecule has 1 aromatic rings. The first-order valence-electron chi connectivity index (χ1n) is 6.67. The number of halogens is 2. The third-order valence-electron chi connectivity index (χ3n) is 2.91. The number of methoxy groups -OCH3 is 1. The van der Waals surface area contributed by atoms with Crippen molar-refractivity contribution in [2.75, 3.05) is 32.2 Å². The topological polar surface area (TPSA) is 24.5 Å². The van der Waals surface area contributed by atoms with Crippen molar-refractivity contribution >= 4 is 5.69 Å². The number of hydrogen-bond acceptors (Lipinski definition) is 3. The number of nitrogens with zero attached hydrogens (tertiary/aromatic N) is 1. The summed E-state index contributed by atoms with van der Waals surface area (Å²) in [7, 11) is 3.20. The van der Waals surface area contributed by atoms with Crippen molar-refractivity contribution in [1.29, 1.82) is 0 Å². The number of anilines is 1. The van der Waals surface area contributed by atoms with Crippen LogP contribution in [0.3, 0.4) is 0 Å². The third kappa shape index (κ3) is 5.06. The molecule has 0 aromatic heterocycles. The van der Waals surface area contributed by atoms with E-state index in [1.54, 1.807) is 14.2 Å². The Hall–Kier alpha value is -1.20. The molecule has 0 aliphatic carbocycles. The molecule has 0 spiro atoms. The molecule has 3 nitrogen and oxygen atoms in total. The fourth-order valence-corrected chi connectivity index (χ4v) is 1.79. The maximum atomic E-state index is 14.1. The van der Waals surface area contributed by atoms with Crippen LogP contribution in [-0.4, -0.2) is 32.8 Å². The van der Waals surface area contributed by atoms with E-state index in [-0.39, 0.29) is 11.2 Å². The van der Waals surface area contributed by atoms with E-state index in [4.69, 9.17) is 4.74 Å². The van der Waals surface area contributed by atoms with Crippen LogP contribution in [0.25, 0.3) is 0 Å². The SMILES string of the molecule is COCCN(C)c1c(F)cc(CNC(C)(C)C)cc1F. The summed E-state index contributed by atoms with van der Waals surface area (Å²) in [5.41, 5.74) is 0.487. The van der Waals surface area contributed by atoms with Crippen molar-refractivity contribution < 1.29 is 13.5 Å². The molecule has 1 rings (SSSR count). The molecule has 1 aromatic carbocycles. The van der Waals surface area contributed by atoms with Gasteiger partial charge < -0.3 is 15.0 Å². The third-order valence-corrected chi connectivity index (χ3v) is 2.91. The largest absolute Gasteiger partial charge is 0.383 e. The van der Waals surface area contributed by atoms with Crippen molar-refractivity contribution in [3.8, 4) is 0 Å². The molecule has 0 atom stereocenters. The highest BCUT2D eigenvalue weighted by Crippen LogP contribution is 2.24. The minimum Gasteiger partial charge on any atom is -0.383 e. The average molecular weight is 286 g/mol. The first-order valence-corrected chi connectivity index (χ1v) is 6.67. The maximum absolute atomic E-state index is 14.1. The second kappa shape index (κ2) is 6.99. The lowest BCUT2D eigenvalue weighted by molar-refractivity contribution is 0.206. The van der Waals surface area contributed by atoms with Gasteiger partial charge in [-0.1, -0.05) is 0 Å². The zero-order valence-electron chi connectivity index (χ0n) is 12.9. The molecule has 0 aliphatic heterocycles. The standard InChI is InChI=1S/C15H24F2N2O/c1-15(2,3)18-10-11-8-12(16)14(13(17)9-11)19(4)6-7-20-5/h8-9,18H,6-7,10H2,1-5H3. The maximum Gasteiger partial charge on any atom is 0.149 e. The van der Waals surface area contributed by atoms with Crippen molar-refractivity contribution in [3.63, 3.8) is 0 Å². The minimum atomic E-state index is -0.547. The summed E-state index contributed by atoms with van der Waals surface area (Å²) in [5.74, 6) is -1.09. The quantitative estimate of drug-likeness (QED) is 0.870. The number of rotatable bonds is 6. The van der Waals surface area contributed by atoms with E-state index in [0.29, 0.717) is 25.3 Å². The summed E-state index contributed by atoms with van der Waals surface area (Å²) >= 11 is 0. The van der Waals surface area contributed by atoms with Crippen molar-refractivity contribution in [2.24, 2.45) is 0 Å². The second-order valence-corrected chi connectivity index (χ2v) is 5.93. The van der Waals surface area contributed by atoms with E-state index in [2.05, 4.69) is 5.32 Å². The van der Waals surface area contributed by atoms with Gasteiger partial charge in [-0.05, 0) is 38.5 Å². The molecule has 1 N–H and O–H groups in total. The molecule has 0 aliphatic rings. The predicted molar refractivity (Wildman–Crippen MR) is 78.1 cm³/mol. The van der Waals surface area contributed by atoms with Crippen LogP contribution in [-0.2, 0) is 11.3 Å². The minimum absolute atomic E-state index is 0.0124. The zero-order chi connectivity index (χ0) is 15.3. The van der Waals surface area contributed by atoms with Crippen molar-refractivity contribution in [2.45, 2.75) is 32.9 Å². The van der Waals surface area contributed by atoms with E-state index < -0.39 is 11.6 Å². The van der Waals surface area contributed by atoms with Gasteiger partial charge in [0.15, 0.2) is 0 Å². The van der Waals surface area contributed by atoms with Gasteiger partial charge >= 0.3 is 0 Å². The smallest absolute Gasteiger partial charge is 0.149 e. The summed E-state index contributed by atoms with van der Waals surface area (Å²) in [6, 6.07) is 2.75. The molecular weight excluding hydrogens is 262 g/mol. The van der Waals surface area contributed by atoms with Gasteiger partial charge in [0.2, 0.25) is 0 Å². The fourth-order valence-electron chi connectivity index (χ4n) is 1.79. The second-order valence-electron chi connectivity index (χ2n) is 5.93. The van der Waals surface area contributed by atoms with Crippen LogP contribution in [0.1, 0.15) is 26.3 Å². The average Bonchev–Trinajstić information content (AvgIpc) is 2.32. The highest BCUT2D eigenvalue weighted by molar-refractivity contribution is 5.50. The number of likely N-dealkylation sites (N-methyl/N-ethyl adjacent to an activating group) is 1. The van der Waals surface area contributed by atoms with Gasteiger partial charge in [-0.25, -0.2) is 8.78 Å². The van der Waals surface area contributed by atoms with Crippen LogP contribution in [0.2, 0.25) is 0 Å². The molecule has 0 unspecified atom stereocenters. The lowest BCUT2D eigenvalue weighted by Gasteiger charge is -2.23. The highest BCUT2D eigenvalue weighted by Gasteiger charge is 2.16. The van der Waals surface area contributed by atoms with E-state index in [1.165, 1.54) is 17.0 Å². The fraction of sp³-hybridized carbons (Fsp3) is 0.600. The summed E-state index contributed by atoms with van der Waals surface area (Å²) < 4.78 is 33.0. The Balaban J connectivity index is 2.86. The summed E-state index contributed by atoms with van der Waals surface area (Å²) in [6.07, 6.45) is 0. The van der Waals surface area contributed by atoms with E-state index in [0.717, 1.165) is 0 Å². The van der Waals surface area contributed by atoms with Gasteiger partial charge in [0.25, 0.3) is 0 Å². The zero-order valence-corrected chi connectivity index (χ0v) is 12.9. The molecule has 0 bridgehead atoms.